The highest BCUT2D eigenvalue weighted by atomic mass is 16.3. The molecule has 1 aliphatic rings. The molecule has 1 amide bonds. The Morgan fingerprint density at radius 3 is 2.68 bits per heavy atom. The first kappa shape index (κ1) is 13.8. The normalized spacial score (nSPS) is 17.1. The summed E-state index contributed by atoms with van der Waals surface area (Å²) in [4.78, 5) is 11.6. The molecular formula is C16H21NO2. The molecule has 1 fully saturated rings. The Balaban J connectivity index is 1.62. The molecule has 0 saturated heterocycles. The molecule has 0 spiro atoms. The number of rotatable bonds is 6. The van der Waals surface area contributed by atoms with Crippen molar-refractivity contribution in [3.8, 4) is 0 Å². The van der Waals surface area contributed by atoms with Crippen LogP contribution in [0.3, 0.4) is 0 Å². The smallest absolute Gasteiger partial charge is 0.220 e. The fourth-order valence-electron chi connectivity index (χ4n) is 2.11. The van der Waals surface area contributed by atoms with E-state index in [1.54, 1.807) is 0 Å². The summed E-state index contributed by atoms with van der Waals surface area (Å²) in [7, 11) is 0. The average molecular weight is 259 g/mol. The molecule has 1 aliphatic carbocycles. The number of carbonyl (C=O) groups is 1. The van der Waals surface area contributed by atoms with Crippen molar-refractivity contribution >= 4 is 12.0 Å². The van der Waals surface area contributed by atoms with Crippen molar-refractivity contribution in [2.24, 2.45) is 0 Å². The summed E-state index contributed by atoms with van der Waals surface area (Å²) < 4.78 is 0. The van der Waals surface area contributed by atoms with E-state index in [-0.39, 0.29) is 5.91 Å². The third-order valence-corrected chi connectivity index (χ3v) is 3.55. The van der Waals surface area contributed by atoms with E-state index in [4.69, 9.17) is 0 Å². The molecule has 2 N–H and O–H groups in total. The van der Waals surface area contributed by atoms with Crippen LogP contribution < -0.4 is 5.32 Å². The Morgan fingerprint density at radius 2 is 2.05 bits per heavy atom. The van der Waals surface area contributed by atoms with Crippen LogP contribution in [-0.4, -0.2) is 23.2 Å². The second kappa shape index (κ2) is 6.53. The SMILES string of the molecule is O=C(CCC=Cc1ccccc1)NCC1(O)CCC1. The van der Waals surface area contributed by atoms with Gasteiger partial charge in [0.25, 0.3) is 0 Å². The van der Waals surface area contributed by atoms with Crippen LogP contribution >= 0.6 is 0 Å². The quantitative estimate of drug-likeness (QED) is 0.824. The number of amides is 1. The molecule has 0 unspecified atom stereocenters. The van der Waals surface area contributed by atoms with Crippen LogP contribution in [0.5, 0.6) is 0 Å². The Kier molecular flexibility index (Phi) is 4.74. The van der Waals surface area contributed by atoms with Gasteiger partial charge in [-0.2, -0.15) is 0 Å². The molecule has 0 aromatic heterocycles. The summed E-state index contributed by atoms with van der Waals surface area (Å²) in [5.74, 6) is 0.0121. The van der Waals surface area contributed by atoms with E-state index in [1.165, 1.54) is 0 Å². The highest BCUT2D eigenvalue weighted by molar-refractivity contribution is 5.76. The van der Waals surface area contributed by atoms with Crippen LogP contribution in [0, 0.1) is 0 Å². The minimum Gasteiger partial charge on any atom is -0.388 e. The lowest BCUT2D eigenvalue weighted by atomic mass is 9.80. The van der Waals surface area contributed by atoms with Crippen molar-refractivity contribution in [3.05, 3.63) is 42.0 Å². The predicted octanol–water partition coefficient (Wildman–Crippen LogP) is 2.51. The van der Waals surface area contributed by atoms with E-state index in [1.807, 2.05) is 42.5 Å². The largest absolute Gasteiger partial charge is 0.388 e. The summed E-state index contributed by atoms with van der Waals surface area (Å²) in [6.45, 7) is 0.397. The van der Waals surface area contributed by atoms with Gasteiger partial charge in [-0.3, -0.25) is 4.79 Å². The van der Waals surface area contributed by atoms with E-state index < -0.39 is 5.60 Å². The van der Waals surface area contributed by atoms with E-state index >= 15 is 0 Å². The third-order valence-electron chi connectivity index (χ3n) is 3.55. The molecule has 1 aromatic carbocycles. The van der Waals surface area contributed by atoms with Crippen LogP contribution in [0.15, 0.2) is 36.4 Å². The standard InChI is InChI=1S/C16H21NO2/c18-15(17-13-16(19)11-6-12-16)10-5-4-9-14-7-2-1-3-8-14/h1-4,7-9,19H,5-6,10-13H2,(H,17,18). The van der Waals surface area contributed by atoms with Crippen molar-refractivity contribution in [3.63, 3.8) is 0 Å². The second-order valence-electron chi connectivity index (χ2n) is 5.21. The van der Waals surface area contributed by atoms with Gasteiger partial charge < -0.3 is 10.4 Å². The highest BCUT2D eigenvalue weighted by Crippen LogP contribution is 2.30. The third kappa shape index (κ3) is 4.52. The van der Waals surface area contributed by atoms with Gasteiger partial charge in [-0.05, 0) is 31.2 Å². The van der Waals surface area contributed by atoms with Gasteiger partial charge in [0.1, 0.15) is 0 Å². The number of hydrogen-bond donors (Lipinski definition) is 2. The van der Waals surface area contributed by atoms with Gasteiger partial charge >= 0.3 is 0 Å². The lowest BCUT2D eigenvalue weighted by molar-refractivity contribution is -0.123. The van der Waals surface area contributed by atoms with E-state index in [0.29, 0.717) is 13.0 Å². The summed E-state index contributed by atoms with van der Waals surface area (Å²) in [6.07, 6.45) is 7.90. The Bertz CT molecular complexity index is 435. The van der Waals surface area contributed by atoms with Gasteiger partial charge in [-0.25, -0.2) is 0 Å². The molecule has 0 aliphatic heterocycles. The molecule has 0 atom stereocenters. The lowest BCUT2D eigenvalue weighted by Gasteiger charge is -2.36. The molecule has 1 saturated carbocycles. The minimum absolute atomic E-state index is 0.0121. The fourth-order valence-corrected chi connectivity index (χ4v) is 2.11. The van der Waals surface area contributed by atoms with Gasteiger partial charge in [-0.15, -0.1) is 0 Å². The number of allylic oxidation sites excluding steroid dienone is 1. The van der Waals surface area contributed by atoms with Crippen LogP contribution in [0.25, 0.3) is 6.08 Å². The summed E-state index contributed by atoms with van der Waals surface area (Å²) >= 11 is 0. The Labute approximate surface area is 114 Å². The molecule has 3 nitrogen and oxygen atoms in total. The zero-order valence-electron chi connectivity index (χ0n) is 11.1. The molecular weight excluding hydrogens is 238 g/mol. The van der Waals surface area contributed by atoms with Crippen molar-refractivity contribution < 1.29 is 9.90 Å². The molecule has 0 heterocycles. The maximum atomic E-state index is 11.6. The first-order valence-corrected chi connectivity index (χ1v) is 6.89. The molecule has 19 heavy (non-hydrogen) atoms. The second-order valence-corrected chi connectivity index (χ2v) is 5.21. The Morgan fingerprint density at radius 1 is 1.32 bits per heavy atom. The fraction of sp³-hybridized carbons (Fsp3) is 0.438. The lowest BCUT2D eigenvalue weighted by Crippen LogP contribution is -2.47. The molecule has 0 radical (unpaired) electrons. The van der Waals surface area contributed by atoms with Crippen molar-refractivity contribution in [2.75, 3.05) is 6.54 Å². The van der Waals surface area contributed by atoms with Crippen LogP contribution in [0.4, 0.5) is 0 Å². The van der Waals surface area contributed by atoms with Crippen molar-refractivity contribution in [1.29, 1.82) is 0 Å². The predicted molar refractivity (Wildman–Crippen MR) is 76.5 cm³/mol. The number of aliphatic hydroxyl groups is 1. The molecule has 2 rings (SSSR count). The zero-order chi connectivity index (χ0) is 13.6. The minimum atomic E-state index is -0.629. The maximum absolute atomic E-state index is 11.6. The van der Waals surface area contributed by atoms with Gasteiger partial charge in [0.2, 0.25) is 5.91 Å². The van der Waals surface area contributed by atoms with E-state index in [9.17, 15) is 9.90 Å². The van der Waals surface area contributed by atoms with Gasteiger partial charge in [-0.1, -0.05) is 42.5 Å². The van der Waals surface area contributed by atoms with Crippen molar-refractivity contribution in [2.45, 2.75) is 37.7 Å². The van der Waals surface area contributed by atoms with Crippen LogP contribution in [-0.2, 0) is 4.79 Å². The number of nitrogens with one attached hydrogen (secondary N) is 1. The number of hydrogen-bond acceptors (Lipinski definition) is 2. The maximum Gasteiger partial charge on any atom is 0.220 e. The molecule has 0 bridgehead atoms. The van der Waals surface area contributed by atoms with Gasteiger partial charge in [0, 0.05) is 13.0 Å². The van der Waals surface area contributed by atoms with Crippen molar-refractivity contribution in [1.82, 2.24) is 5.32 Å². The van der Waals surface area contributed by atoms with Crippen LogP contribution in [0.2, 0.25) is 0 Å². The molecule has 1 aromatic rings. The summed E-state index contributed by atoms with van der Waals surface area (Å²) in [5.41, 5.74) is 0.516. The zero-order valence-corrected chi connectivity index (χ0v) is 11.1. The summed E-state index contributed by atoms with van der Waals surface area (Å²) in [6, 6.07) is 10.0. The Hall–Kier alpha value is -1.61. The topological polar surface area (TPSA) is 49.3 Å². The number of carbonyl (C=O) groups excluding carboxylic acids is 1. The average Bonchev–Trinajstić information content (AvgIpc) is 2.40. The van der Waals surface area contributed by atoms with Crippen LogP contribution in [0.1, 0.15) is 37.7 Å². The molecule has 102 valence electrons. The van der Waals surface area contributed by atoms with E-state index in [2.05, 4.69) is 5.32 Å². The van der Waals surface area contributed by atoms with E-state index in [0.717, 1.165) is 31.2 Å². The monoisotopic (exact) mass is 259 g/mol. The van der Waals surface area contributed by atoms with Gasteiger partial charge in [0.05, 0.1) is 5.60 Å². The first-order chi connectivity index (χ1) is 9.18. The van der Waals surface area contributed by atoms with Gasteiger partial charge in [0.15, 0.2) is 0 Å². The first-order valence-electron chi connectivity index (χ1n) is 6.89. The number of benzene rings is 1. The summed E-state index contributed by atoms with van der Waals surface area (Å²) in [5, 5.41) is 12.7. The molecule has 3 heteroatoms. The highest BCUT2D eigenvalue weighted by Gasteiger charge is 2.34.